The summed E-state index contributed by atoms with van der Waals surface area (Å²) in [6, 6.07) is 0.492. The predicted molar refractivity (Wildman–Crippen MR) is 66.6 cm³/mol. The van der Waals surface area contributed by atoms with Gasteiger partial charge < -0.3 is 15.2 Å². The smallest absolute Gasteiger partial charge is 0.0897 e. The summed E-state index contributed by atoms with van der Waals surface area (Å²) in [5, 5.41) is 13.1. The molecule has 96 valence electrons. The second-order valence-electron chi connectivity index (χ2n) is 4.99. The molecule has 1 fully saturated rings. The van der Waals surface area contributed by atoms with Crippen LogP contribution in [0.15, 0.2) is 0 Å². The Labute approximate surface area is 99.6 Å². The van der Waals surface area contributed by atoms with Gasteiger partial charge in [-0.2, -0.15) is 0 Å². The normalized spacial score (nSPS) is 21.2. The van der Waals surface area contributed by atoms with E-state index < -0.39 is 0 Å². The van der Waals surface area contributed by atoms with Crippen molar-refractivity contribution in [3.63, 3.8) is 0 Å². The molecule has 3 heteroatoms. The lowest BCUT2D eigenvalue weighted by Crippen LogP contribution is -2.36. The van der Waals surface area contributed by atoms with E-state index in [1.807, 2.05) is 0 Å². The molecule has 0 amide bonds. The molecule has 0 heterocycles. The van der Waals surface area contributed by atoms with E-state index in [9.17, 15) is 5.11 Å². The van der Waals surface area contributed by atoms with Gasteiger partial charge in [0.2, 0.25) is 0 Å². The van der Waals surface area contributed by atoms with Crippen molar-refractivity contribution in [1.82, 2.24) is 5.32 Å². The Balaban J connectivity index is 1.99. The molecule has 0 aromatic heterocycles. The minimum Gasteiger partial charge on any atom is -0.389 e. The van der Waals surface area contributed by atoms with Gasteiger partial charge in [-0.3, -0.25) is 0 Å². The van der Waals surface area contributed by atoms with Crippen LogP contribution in [0.4, 0.5) is 0 Å². The third-order valence-electron chi connectivity index (χ3n) is 3.25. The van der Waals surface area contributed by atoms with Crippen molar-refractivity contribution in [2.75, 3.05) is 13.2 Å². The average Bonchev–Trinajstić information content (AvgIpc) is 2.77. The van der Waals surface area contributed by atoms with Gasteiger partial charge in [-0.1, -0.05) is 26.2 Å². The molecular formula is C13H27NO2. The van der Waals surface area contributed by atoms with Crippen molar-refractivity contribution in [1.29, 1.82) is 0 Å². The van der Waals surface area contributed by atoms with Crippen LogP contribution in [-0.2, 0) is 4.74 Å². The van der Waals surface area contributed by atoms with Crippen LogP contribution in [0.2, 0.25) is 0 Å². The first-order valence-corrected chi connectivity index (χ1v) is 6.75. The number of ether oxygens (including phenoxy) is 1. The molecule has 2 unspecified atom stereocenters. The minimum atomic E-state index is -0.361. The standard InChI is InChI=1S/C13H27NO2/c1-3-6-11(2)14-9-12(15)10-16-13-7-4-5-8-13/h11-15H,3-10H2,1-2H3. The second-order valence-corrected chi connectivity index (χ2v) is 4.99. The maximum atomic E-state index is 9.74. The molecular weight excluding hydrogens is 202 g/mol. The Morgan fingerprint density at radius 1 is 1.38 bits per heavy atom. The van der Waals surface area contributed by atoms with Crippen molar-refractivity contribution in [3.05, 3.63) is 0 Å². The Morgan fingerprint density at radius 2 is 2.06 bits per heavy atom. The molecule has 2 atom stereocenters. The minimum absolute atomic E-state index is 0.361. The number of hydrogen-bond donors (Lipinski definition) is 2. The Kier molecular flexibility index (Phi) is 7.01. The molecule has 0 aromatic carbocycles. The van der Waals surface area contributed by atoms with Gasteiger partial charge in [0, 0.05) is 12.6 Å². The van der Waals surface area contributed by atoms with Crippen molar-refractivity contribution >= 4 is 0 Å². The molecule has 0 bridgehead atoms. The van der Waals surface area contributed by atoms with Gasteiger partial charge in [0.05, 0.1) is 18.8 Å². The summed E-state index contributed by atoms with van der Waals surface area (Å²) >= 11 is 0. The lowest BCUT2D eigenvalue weighted by Gasteiger charge is -2.18. The van der Waals surface area contributed by atoms with Gasteiger partial charge >= 0.3 is 0 Å². The van der Waals surface area contributed by atoms with E-state index in [0.717, 1.165) is 6.42 Å². The van der Waals surface area contributed by atoms with Gasteiger partial charge in [-0.25, -0.2) is 0 Å². The Morgan fingerprint density at radius 3 is 2.69 bits per heavy atom. The first-order valence-electron chi connectivity index (χ1n) is 6.75. The summed E-state index contributed by atoms with van der Waals surface area (Å²) in [6.07, 6.45) is 7.30. The number of aliphatic hydroxyl groups is 1. The molecule has 1 rings (SSSR count). The van der Waals surface area contributed by atoms with E-state index in [0.29, 0.717) is 25.3 Å². The summed E-state index contributed by atoms with van der Waals surface area (Å²) in [7, 11) is 0. The molecule has 2 N–H and O–H groups in total. The summed E-state index contributed by atoms with van der Waals surface area (Å²) in [5.41, 5.74) is 0. The van der Waals surface area contributed by atoms with Crippen molar-refractivity contribution in [3.8, 4) is 0 Å². The highest BCUT2D eigenvalue weighted by Gasteiger charge is 2.16. The van der Waals surface area contributed by atoms with E-state index in [4.69, 9.17) is 4.74 Å². The second kappa shape index (κ2) is 8.04. The summed E-state index contributed by atoms with van der Waals surface area (Å²) in [5.74, 6) is 0. The molecule has 0 radical (unpaired) electrons. The molecule has 1 saturated carbocycles. The van der Waals surface area contributed by atoms with Crippen LogP contribution in [0.25, 0.3) is 0 Å². The molecule has 0 spiro atoms. The Bertz CT molecular complexity index is 169. The zero-order valence-corrected chi connectivity index (χ0v) is 10.7. The number of nitrogens with one attached hydrogen (secondary N) is 1. The fourth-order valence-corrected chi connectivity index (χ4v) is 2.23. The van der Waals surface area contributed by atoms with Gasteiger partial charge in [0.15, 0.2) is 0 Å². The van der Waals surface area contributed by atoms with Crippen LogP contribution in [0, 0.1) is 0 Å². The van der Waals surface area contributed by atoms with Crippen molar-refractivity contribution in [2.45, 2.75) is 70.6 Å². The summed E-state index contributed by atoms with van der Waals surface area (Å²) in [6.45, 7) is 5.47. The number of aliphatic hydroxyl groups excluding tert-OH is 1. The lowest BCUT2D eigenvalue weighted by atomic mass is 10.2. The monoisotopic (exact) mass is 229 g/mol. The quantitative estimate of drug-likeness (QED) is 0.669. The van der Waals surface area contributed by atoms with Gasteiger partial charge in [0.1, 0.15) is 0 Å². The average molecular weight is 229 g/mol. The highest BCUT2D eigenvalue weighted by molar-refractivity contribution is 4.69. The zero-order valence-electron chi connectivity index (χ0n) is 10.7. The maximum absolute atomic E-state index is 9.74. The van der Waals surface area contributed by atoms with E-state index in [1.54, 1.807) is 0 Å². The van der Waals surface area contributed by atoms with Crippen LogP contribution < -0.4 is 5.32 Å². The van der Waals surface area contributed by atoms with E-state index in [1.165, 1.54) is 32.1 Å². The molecule has 0 saturated heterocycles. The van der Waals surface area contributed by atoms with Crippen molar-refractivity contribution in [2.24, 2.45) is 0 Å². The number of hydrogen-bond acceptors (Lipinski definition) is 3. The van der Waals surface area contributed by atoms with Gasteiger partial charge in [-0.15, -0.1) is 0 Å². The molecule has 1 aliphatic carbocycles. The SMILES string of the molecule is CCCC(C)NCC(O)COC1CCCC1. The largest absolute Gasteiger partial charge is 0.389 e. The third kappa shape index (κ3) is 5.83. The van der Waals surface area contributed by atoms with Crippen LogP contribution in [-0.4, -0.2) is 36.5 Å². The lowest BCUT2D eigenvalue weighted by molar-refractivity contribution is -0.00614. The maximum Gasteiger partial charge on any atom is 0.0897 e. The molecule has 3 nitrogen and oxygen atoms in total. The fraction of sp³-hybridized carbons (Fsp3) is 1.00. The molecule has 16 heavy (non-hydrogen) atoms. The molecule has 1 aliphatic rings. The van der Waals surface area contributed by atoms with Gasteiger partial charge in [0.25, 0.3) is 0 Å². The summed E-state index contributed by atoms with van der Waals surface area (Å²) in [4.78, 5) is 0. The molecule has 0 aliphatic heterocycles. The van der Waals surface area contributed by atoms with Gasteiger partial charge in [-0.05, 0) is 26.2 Å². The first kappa shape index (κ1) is 13.9. The molecule has 0 aromatic rings. The number of rotatable bonds is 8. The van der Waals surface area contributed by atoms with Crippen LogP contribution in [0.1, 0.15) is 52.4 Å². The zero-order chi connectivity index (χ0) is 11.8. The van der Waals surface area contributed by atoms with Crippen LogP contribution >= 0.6 is 0 Å². The summed E-state index contributed by atoms with van der Waals surface area (Å²) < 4.78 is 5.67. The van der Waals surface area contributed by atoms with Crippen LogP contribution in [0.5, 0.6) is 0 Å². The fourth-order valence-electron chi connectivity index (χ4n) is 2.23. The highest BCUT2D eigenvalue weighted by atomic mass is 16.5. The van der Waals surface area contributed by atoms with Crippen molar-refractivity contribution < 1.29 is 9.84 Å². The topological polar surface area (TPSA) is 41.5 Å². The predicted octanol–water partition coefficient (Wildman–Crippen LogP) is 2.08. The van der Waals surface area contributed by atoms with E-state index in [-0.39, 0.29) is 6.10 Å². The van der Waals surface area contributed by atoms with Crippen LogP contribution in [0.3, 0.4) is 0 Å². The van der Waals surface area contributed by atoms with E-state index >= 15 is 0 Å². The Hall–Kier alpha value is -0.120. The first-order chi connectivity index (χ1) is 7.72. The highest BCUT2D eigenvalue weighted by Crippen LogP contribution is 2.20. The van der Waals surface area contributed by atoms with E-state index in [2.05, 4.69) is 19.2 Å². The third-order valence-corrected chi connectivity index (χ3v) is 3.25.